The Kier molecular flexibility index (Phi) is 2.86. The van der Waals surface area contributed by atoms with Gasteiger partial charge in [0, 0.05) is 24.5 Å². The van der Waals surface area contributed by atoms with Crippen LogP contribution in [0.5, 0.6) is 0 Å². The van der Waals surface area contributed by atoms with Crippen LogP contribution in [0.25, 0.3) is 10.7 Å². The number of nitrogens with zero attached hydrogens (tertiary/aromatic N) is 3. The van der Waals surface area contributed by atoms with E-state index in [4.69, 9.17) is 0 Å². The van der Waals surface area contributed by atoms with Crippen LogP contribution >= 0.6 is 11.3 Å². The van der Waals surface area contributed by atoms with Crippen molar-refractivity contribution in [1.29, 1.82) is 0 Å². The maximum Gasteiger partial charge on any atom is 0.171 e. The Hall–Kier alpha value is -1.33. The minimum absolute atomic E-state index is 0.706. The lowest BCUT2D eigenvalue weighted by Crippen LogP contribution is -2.16. The molecule has 88 valence electrons. The fraction of sp³-hybridized carbons (Fsp3) is 0.417. The van der Waals surface area contributed by atoms with Crippen LogP contribution in [-0.4, -0.2) is 21.0 Å². The Morgan fingerprint density at radius 3 is 3.00 bits per heavy atom. The molecule has 0 saturated heterocycles. The van der Waals surface area contributed by atoms with E-state index in [9.17, 15) is 0 Å². The van der Waals surface area contributed by atoms with Crippen LogP contribution in [0.3, 0.4) is 0 Å². The molecule has 1 fully saturated rings. The van der Waals surface area contributed by atoms with E-state index in [2.05, 4.69) is 20.3 Å². The summed E-state index contributed by atoms with van der Waals surface area (Å²) < 4.78 is 0. The van der Waals surface area contributed by atoms with Gasteiger partial charge in [0.1, 0.15) is 0 Å². The molecule has 0 aliphatic heterocycles. The Morgan fingerprint density at radius 1 is 1.41 bits per heavy atom. The van der Waals surface area contributed by atoms with Crippen molar-refractivity contribution in [3.8, 4) is 10.7 Å². The van der Waals surface area contributed by atoms with Gasteiger partial charge in [0.25, 0.3) is 0 Å². The lowest BCUT2D eigenvalue weighted by atomic mass is 10.3. The zero-order valence-corrected chi connectivity index (χ0v) is 10.5. The van der Waals surface area contributed by atoms with Crippen molar-refractivity contribution in [2.45, 2.75) is 32.4 Å². The van der Waals surface area contributed by atoms with E-state index in [1.54, 1.807) is 11.3 Å². The van der Waals surface area contributed by atoms with Gasteiger partial charge in [-0.3, -0.25) is 4.98 Å². The molecule has 3 rings (SSSR count). The number of nitrogens with one attached hydrogen (secondary N) is 1. The molecule has 2 heterocycles. The lowest BCUT2D eigenvalue weighted by molar-refractivity contribution is 0.672. The van der Waals surface area contributed by atoms with E-state index in [0.29, 0.717) is 6.04 Å². The van der Waals surface area contributed by atoms with Crippen molar-refractivity contribution in [3.05, 3.63) is 29.2 Å². The molecule has 0 atom stereocenters. The average molecular weight is 246 g/mol. The number of hydrogen-bond donors (Lipinski definition) is 1. The van der Waals surface area contributed by atoms with Gasteiger partial charge in [0.05, 0.1) is 16.1 Å². The van der Waals surface area contributed by atoms with Gasteiger partial charge < -0.3 is 5.32 Å². The van der Waals surface area contributed by atoms with Crippen molar-refractivity contribution < 1.29 is 0 Å². The number of aromatic nitrogens is 3. The van der Waals surface area contributed by atoms with Gasteiger partial charge in [-0.2, -0.15) is 0 Å². The fourth-order valence-corrected chi connectivity index (χ4v) is 2.25. The quantitative estimate of drug-likeness (QED) is 0.898. The summed E-state index contributed by atoms with van der Waals surface area (Å²) in [5, 5.41) is 3.47. The largest absolute Gasteiger partial charge is 0.308 e. The van der Waals surface area contributed by atoms with Crippen LogP contribution in [0.15, 0.2) is 17.8 Å². The van der Waals surface area contributed by atoms with Gasteiger partial charge >= 0.3 is 0 Å². The molecule has 0 radical (unpaired) electrons. The summed E-state index contributed by atoms with van der Waals surface area (Å²) in [5.41, 5.74) is 3.88. The van der Waals surface area contributed by atoms with Gasteiger partial charge in [0.15, 0.2) is 5.82 Å². The minimum Gasteiger partial charge on any atom is -0.308 e. The molecule has 0 unspecified atom stereocenters. The smallest absolute Gasteiger partial charge is 0.171 e. The third-order valence-electron chi connectivity index (χ3n) is 2.71. The zero-order chi connectivity index (χ0) is 11.7. The third kappa shape index (κ3) is 2.68. The molecule has 1 aliphatic rings. The summed E-state index contributed by atoms with van der Waals surface area (Å²) in [7, 11) is 0. The van der Waals surface area contributed by atoms with Crippen molar-refractivity contribution >= 4 is 11.3 Å². The Morgan fingerprint density at radius 2 is 2.29 bits per heavy atom. The van der Waals surface area contributed by atoms with Crippen LogP contribution in [0.2, 0.25) is 0 Å². The van der Waals surface area contributed by atoms with E-state index in [1.165, 1.54) is 12.8 Å². The maximum atomic E-state index is 4.57. The first kappa shape index (κ1) is 10.8. The molecule has 2 aromatic rings. The van der Waals surface area contributed by atoms with E-state index >= 15 is 0 Å². The highest BCUT2D eigenvalue weighted by Gasteiger charge is 2.20. The number of thiazole rings is 1. The summed E-state index contributed by atoms with van der Waals surface area (Å²) in [6.07, 6.45) is 4.41. The van der Waals surface area contributed by atoms with E-state index in [1.807, 2.05) is 24.7 Å². The highest BCUT2D eigenvalue weighted by molar-refractivity contribution is 7.13. The second kappa shape index (κ2) is 4.50. The Bertz CT molecular complexity index is 505. The molecule has 1 aliphatic carbocycles. The molecule has 0 bridgehead atoms. The van der Waals surface area contributed by atoms with Gasteiger partial charge in [0.2, 0.25) is 0 Å². The number of hydrogen-bond acceptors (Lipinski definition) is 5. The van der Waals surface area contributed by atoms with E-state index < -0.39 is 0 Å². The van der Waals surface area contributed by atoms with Crippen molar-refractivity contribution in [3.63, 3.8) is 0 Å². The Labute approximate surface area is 104 Å². The molecule has 17 heavy (non-hydrogen) atoms. The average Bonchev–Trinajstić information content (AvgIpc) is 2.98. The lowest BCUT2D eigenvalue weighted by Gasteiger charge is -2.05. The molecule has 0 aromatic carbocycles. The van der Waals surface area contributed by atoms with E-state index in [-0.39, 0.29) is 0 Å². The zero-order valence-electron chi connectivity index (χ0n) is 9.68. The minimum atomic E-state index is 0.706. The molecule has 4 nitrogen and oxygen atoms in total. The number of aryl methyl sites for hydroxylation is 1. The number of rotatable bonds is 4. The van der Waals surface area contributed by atoms with Crippen molar-refractivity contribution in [1.82, 2.24) is 20.3 Å². The van der Waals surface area contributed by atoms with Gasteiger partial charge in [-0.25, -0.2) is 9.97 Å². The SMILES string of the molecule is Cc1cc(CNC2CC2)nc(-c2cncs2)n1. The Balaban J connectivity index is 1.83. The van der Waals surface area contributed by atoms with Crippen LogP contribution in [0.4, 0.5) is 0 Å². The highest BCUT2D eigenvalue weighted by atomic mass is 32.1. The first-order valence-electron chi connectivity index (χ1n) is 5.78. The molecular weight excluding hydrogens is 232 g/mol. The summed E-state index contributed by atoms with van der Waals surface area (Å²) in [6.45, 7) is 2.84. The monoisotopic (exact) mass is 246 g/mol. The molecule has 5 heteroatoms. The third-order valence-corrected chi connectivity index (χ3v) is 3.48. The molecule has 0 spiro atoms. The van der Waals surface area contributed by atoms with Crippen LogP contribution in [0, 0.1) is 6.92 Å². The van der Waals surface area contributed by atoms with Crippen LogP contribution in [0.1, 0.15) is 24.2 Å². The topological polar surface area (TPSA) is 50.7 Å². The summed E-state index contributed by atoms with van der Waals surface area (Å²) in [5.74, 6) is 0.792. The van der Waals surface area contributed by atoms with E-state index in [0.717, 1.165) is 28.6 Å². The van der Waals surface area contributed by atoms with Crippen molar-refractivity contribution in [2.24, 2.45) is 0 Å². The summed E-state index contributed by atoms with van der Waals surface area (Å²) in [4.78, 5) is 14.1. The first-order valence-corrected chi connectivity index (χ1v) is 6.66. The molecule has 2 aromatic heterocycles. The molecule has 1 saturated carbocycles. The first-order chi connectivity index (χ1) is 8.31. The maximum absolute atomic E-state index is 4.57. The summed E-state index contributed by atoms with van der Waals surface area (Å²) in [6, 6.07) is 2.75. The predicted octanol–water partition coefficient (Wildman–Crippen LogP) is 2.16. The highest BCUT2D eigenvalue weighted by Crippen LogP contribution is 2.21. The van der Waals surface area contributed by atoms with Crippen molar-refractivity contribution in [2.75, 3.05) is 0 Å². The van der Waals surface area contributed by atoms with Crippen LogP contribution < -0.4 is 5.32 Å². The van der Waals surface area contributed by atoms with Gasteiger partial charge in [-0.1, -0.05) is 0 Å². The second-order valence-corrected chi connectivity index (χ2v) is 5.23. The molecular formula is C12H14N4S. The van der Waals surface area contributed by atoms with Gasteiger partial charge in [-0.15, -0.1) is 11.3 Å². The normalized spacial score (nSPS) is 15.1. The summed E-state index contributed by atoms with van der Waals surface area (Å²) >= 11 is 1.57. The predicted molar refractivity (Wildman–Crippen MR) is 67.7 cm³/mol. The molecule has 0 amide bonds. The van der Waals surface area contributed by atoms with Crippen LogP contribution in [-0.2, 0) is 6.54 Å². The molecule has 1 N–H and O–H groups in total. The fourth-order valence-electron chi connectivity index (χ4n) is 1.70. The standard InChI is InChI=1S/C12H14N4S/c1-8-4-10(5-14-9-2-3-9)16-12(15-8)11-6-13-7-17-11/h4,6-7,9,14H,2-3,5H2,1H3. The van der Waals surface area contributed by atoms with Gasteiger partial charge in [-0.05, 0) is 25.8 Å². The second-order valence-electron chi connectivity index (χ2n) is 4.35.